The lowest BCUT2D eigenvalue weighted by molar-refractivity contribution is -0.131. The highest BCUT2D eigenvalue weighted by Crippen LogP contribution is 2.22. The molecule has 1 unspecified atom stereocenters. The number of benzene rings is 1. The van der Waals surface area contributed by atoms with Crippen molar-refractivity contribution in [3.05, 3.63) is 35.4 Å². The second-order valence-corrected chi connectivity index (χ2v) is 5.37. The summed E-state index contributed by atoms with van der Waals surface area (Å²) in [5.41, 5.74) is 0.310. The Morgan fingerprint density at radius 1 is 1.32 bits per heavy atom. The summed E-state index contributed by atoms with van der Waals surface area (Å²) in [5.74, 6) is -0.539. The molecular formula is C15H19NO3. The molecule has 4 heteroatoms. The third-order valence-electron chi connectivity index (χ3n) is 3.42. The smallest absolute Gasteiger partial charge is 0.260 e. The number of nitrogens with zero attached hydrogens (tertiary/aromatic N) is 1. The van der Waals surface area contributed by atoms with Crippen molar-refractivity contribution >= 4 is 11.8 Å². The molecule has 0 saturated carbocycles. The molecule has 0 spiro atoms. The van der Waals surface area contributed by atoms with E-state index in [0.29, 0.717) is 12.0 Å². The molecule has 1 N–H and O–H groups in total. The van der Waals surface area contributed by atoms with Crippen LogP contribution in [0, 0.1) is 0 Å². The Balaban J connectivity index is 2.24. The van der Waals surface area contributed by atoms with Gasteiger partial charge in [0.05, 0.1) is 18.6 Å². The number of carbonyl (C=O) groups excluding carboxylic acids is 2. The van der Waals surface area contributed by atoms with Crippen LogP contribution in [0.2, 0.25) is 0 Å². The molecule has 0 fully saturated rings. The first kappa shape index (κ1) is 13.7. The summed E-state index contributed by atoms with van der Waals surface area (Å²) >= 11 is 0. The van der Waals surface area contributed by atoms with Crippen molar-refractivity contribution in [2.45, 2.75) is 38.7 Å². The van der Waals surface area contributed by atoms with Crippen molar-refractivity contribution in [1.29, 1.82) is 0 Å². The van der Waals surface area contributed by atoms with E-state index in [-0.39, 0.29) is 24.8 Å². The molecule has 4 nitrogen and oxygen atoms in total. The van der Waals surface area contributed by atoms with Crippen molar-refractivity contribution in [2.75, 3.05) is 6.54 Å². The molecule has 0 bridgehead atoms. The van der Waals surface area contributed by atoms with E-state index in [4.69, 9.17) is 0 Å². The lowest BCUT2D eigenvalue weighted by Crippen LogP contribution is -2.49. The lowest BCUT2D eigenvalue weighted by Gasteiger charge is -2.33. The molecule has 1 aromatic rings. The van der Waals surface area contributed by atoms with Crippen LogP contribution in [0.5, 0.6) is 0 Å². The van der Waals surface area contributed by atoms with Gasteiger partial charge in [0.15, 0.2) is 0 Å². The van der Waals surface area contributed by atoms with Gasteiger partial charge in [0.1, 0.15) is 0 Å². The van der Waals surface area contributed by atoms with E-state index in [0.717, 1.165) is 12.0 Å². The van der Waals surface area contributed by atoms with E-state index in [2.05, 4.69) is 0 Å². The molecule has 2 rings (SSSR count). The Hall–Kier alpha value is -1.68. The van der Waals surface area contributed by atoms with E-state index >= 15 is 0 Å². The molecule has 0 saturated heterocycles. The van der Waals surface area contributed by atoms with E-state index < -0.39 is 5.60 Å². The lowest BCUT2D eigenvalue weighted by atomic mass is 9.95. The fraction of sp³-hybridized carbons (Fsp3) is 0.467. The second kappa shape index (κ2) is 5.13. The van der Waals surface area contributed by atoms with Crippen LogP contribution in [0.1, 0.15) is 42.6 Å². The number of imide groups is 1. The highest BCUT2D eigenvalue weighted by Gasteiger charge is 2.35. The Morgan fingerprint density at radius 3 is 2.68 bits per heavy atom. The number of aliphatic hydroxyl groups is 1. The van der Waals surface area contributed by atoms with Gasteiger partial charge >= 0.3 is 0 Å². The minimum atomic E-state index is -1.02. The quantitative estimate of drug-likeness (QED) is 0.840. The van der Waals surface area contributed by atoms with Gasteiger partial charge in [0.25, 0.3) is 5.91 Å². The molecule has 1 heterocycles. The average Bonchev–Trinajstić information content (AvgIpc) is 2.34. The monoisotopic (exact) mass is 261 g/mol. The average molecular weight is 261 g/mol. The number of amides is 2. The second-order valence-electron chi connectivity index (χ2n) is 5.37. The zero-order chi connectivity index (χ0) is 14.0. The minimum absolute atomic E-state index is 0.0623. The van der Waals surface area contributed by atoms with Crippen LogP contribution in [-0.2, 0) is 11.2 Å². The fourth-order valence-electron chi connectivity index (χ4n) is 2.52. The Labute approximate surface area is 113 Å². The summed E-state index contributed by atoms with van der Waals surface area (Å²) in [6.45, 7) is 3.69. The van der Waals surface area contributed by atoms with Gasteiger partial charge in [-0.25, -0.2) is 0 Å². The van der Waals surface area contributed by atoms with E-state index in [1.807, 2.05) is 13.0 Å². The normalized spacial score (nSPS) is 18.2. The Kier molecular flexibility index (Phi) is 3.71. The van der Waals surface area contributed by atoms with Gasteiger partial charge < -0.3 is 5.11 Å². The molecule has 1 aromatic carbocycles. The van der Waals surface area contributed by atoms with Gasteiger partial charge in [-0.1, -0.05) is 31.5 Å². The van der Waals surface area contributed by atoms with Crippen LogP contribution in [0.25, 0.3) is 0 Å². The molecule has 102 valence electrons. The number of fused-ring (bicyclic) bond motifs is 1. The van der Waals surface area contributed by atoms with E-state index in [1.54, 1.807) is 25.1 Å². The van der Waals surface area contributed by atoms with Gasteiger partial charge in [-0.05, 0) is 25.0 Å². The van der Waals surface area contributed by atoms with Gasteiger partial charge in [0, 0.05) is 5.56 Å². The third kappa shape index (κ3) is 2.84. The van der Waals surface area contributed by atoms with Crippen molar-refractivity contribution in [1.82, 2.24) is 4.90 Å². The van der Waals surface area contributed by atoms with Crippen LogP contribution in [-0.4, -0.2) is 34.0 Å². The SMILES string of the molecule is CCCC(C)(O)CN1C(=O)Cc2ccccc2C1=O. The highest BCUT2D eigenvalue weighted by molar-refractivity contribution is 6.09. The fourth-order valence-corrected chi connectivity index (χ4v) is 2.52. The first-order valence-electron chi connectivity index (χ1n) is 6.59. The molecule has 1 aliphatic heterocycles. The summed E-state index contributed by atoms with van der Waals surface area (Å²) < 4.78 is 0. The first-order valence-corrected chi connectivity index (χ1v) is 6.59. The molecule has 19 heavy (non-hydrogen) atoms. The zero-order valence-electron chi connectivity index (χ0n) is 11.3. The van der Waals surface area contributed by atoms with E-state index in [1.165, 1.54) is 4.90 Å². The maximum Gasteiger partial charge on any atom is 0.260 e. The summed E-state index contributed by atoms with van der Waals surface area (Å²) in [4.78, 5) is 25.5. The van der Waals surface area contributed by atoms with Crippen LogP contribution in [0.3, 0.4) is 0 Å². The van der Waals surface area contributed by atoms with E-state index in [9.17, 15) is 14.7 Å². The number of carbonyl (C=O) groups is 2. The van der Waals surface area contributed by atoms with Crippen LogP contribution in [0.15, 0.2) is 24.3 Å². The molecule has 0 aromatic heterocycles. The third-order valence-corrected chi connectivity index (χ3v) is 3.42. The Morgan fingerprint density at radius 2 is 2.00 bits per heavy atom. The number of rotatable bonds is 4. The van der Waals surface area contributed by atoms with Crippen LogP contribution < -0.4 is 0 Å². The molecule has 1 atom stereocenters. The summed E-state index contributed by atoms with van der Waals surface area (Å²) in [5, 5.41) is 10.2. The van der Waals surface area contributed by atoms with Gasteiger partial charge in [-0.15, -0.1) is 0 Å². The van der Waals surface area contributed by atoms with Gasteiger partial charge in [-0.2, -0.15) is 0 Å². The van der Waals surface area contributed by atoms with Crippen LogP contribution in [0.4, 0.5) is 0 Å². The molecule has 2 amide bonds. The number of β-amino-alcohol motifs (C(OH)–C–C–N with tert-alkyl or cyclic N) is 1. The largest absolute Gasteiger partial charge is 0.388 e. The number of hydrogen-bond donors (Lipinski definition) is 1. The summed E-state index contributed by atoms with van der Waals surface area (Å²) in [7, 11) is 0. The highest BCUT2D eigenvalue weighted by atomic mass is 16.3. The van der Waals surface area contributed by atoms with Crippen molar-refractivity contribution in [2.24, 2.45) is 0 Å². The Bertz CT molecular complexity index is 508. The van der Waals surface area contributed by atoms with Gasteiger partial charge in [0.2, 0.25) is 5.91 Å². The van der Waals surface area contributed by atoms with Crippen molar-refractivity contribution in [3.8, 4) is 0 Å². The van der Waals surface area contributed by atoms with Gasteiger partial charge in [-0.3, -0.25) is 14.5 Å². The topological polar surface area (TPSA) is 57.6 Å². The standard InChI is InChI=1S/C15H19NO3/c1-3-8-15(2,19)10-16-13(17)9-11-6-4-5-7-12(11)14(16)18/h4-7,19H,3,8-10H2,1-2H3. The minimum Gasteiger partial charge on any atom is -0.388 e. The van der Waals surface area contributed by atoms with Crippen molar-refractivity contribution in [3.63, 3.8) is 0 Å². The molecule has 0 aliphatic carbocycles. The molecule has 1 aliphatic rings. The maximum absolute atomic E-state index is 12.3. The number of hydrogen-bond acceptors (Lipinski definition) is 3. The predicted molar refractivity (Wildman–Crippen MR) is 71.7 cm³/mol. The van der Waals surface area contributed by atoms with Crippen LogP contribution >= 0.6 is 0 Å². The summed E-state index contributed by atoms with van der Waals surface area (Å²) in [6.07, 6.45) is 1.59. The molecular weight excluding hydrogens is 242 g/mol. The molecule has 0 radical (unpaired) electrons. The van der Waals surface area contributed by atoms with Crippen molar-refractivity contribution < 1.29 is 14.7 Å². The predicted octanol–water partition coefficient (Wildman–Crippen LogP) is 1.76. The first-order chi connectivity index (χ1) is 8.94. The maximum atomic E-state index is 12.3. The summed E-state index contributed by atoms with van der Waals surface area (Å²) in [6, 6.07) is 7.13. The zero-order valence-corrected chi connectivity index (χ0v) is 11.3.